The van der Waals surface area contributed by atoms with Gasteiger partial charge in [0.25, 0.3) is 0 Å². The summed E-state index contributed by atoms with van der Waals surface area (Å²) in [5.74, 6) is -0.468. The summed E-state index contributed by atoms with van der Waals surface area (Å²) in [4.78, 5) is -0.170. The molecule has 114 valence electrons. The van der Waals surface area contributed by atoms with Gasteiger partial charge in [0.1, 0.15) is 5.75 Å². The molecule has 0 spiro atoms. The van der Waals surface area contributed by atoms with E-state index in [4.69, 9.17) is 0 Å². The number of rotatable bonds is 5. The zero-order valence-electron chi connectivity index (χ0n) is 9.82. The molecular weight excluding hydrogens is 374 g/mol. The molecule has 0 N–H and O–H groups in total. The lowest BCUT2D eigenvalue weighted by Crippen LogP contribution is -2.18. The second-order valence-electron chi connectivity index (χ2n) is 3.66. The van der Waals surface area contributed by atoms with E-state index in [2.05, 4.69) is 20.7 Å². The SMILES string of the molecule is FC(F)(F)Oc1ccc(SC(F)(F)F)cc1CCCBr. The highest BCUT2D eigenvalue weighted by atomic mass is 79.9. The van der Waals surface area contributed by atoms with Crippen molar-refractivity contribution in [2.75, 3.05) is 5.33 Å². The second kappa shape index (κ2) is 6.93. The molecule has 0 aromatic heterocycles. The molecule has 0 aliphatic heterocycles. The summed E-state index contributed by atoms with van der Waals surface area (Å²) in [6, 6.07) is 2.93. The summed E-state index contributed by atoms with van der Waals surface area (Å²) >= 11 is 2.74. The predicted molar refractivity (Wildman–Crippen MR) is 67.2 cm³/mol. The van der Waals surface area contributed by atoms with Gasteiger partial charge in [0.05, 0.1) is 0 Å². The smallest absolute Gasteiger partial charge is 0.406 e. The van der Waals surface area contributed by atoms with Gasteiger partial charge < -0.3 is 4.74 Å². The molecule has 0 amide bonds. The highest BCUT2D eigenvalue weighted by Crippen LogP contribution is 2.39. The van der Waals surface area contributed by atoms with Gasteiger partial charge in [0, 0.05) is 10.2 Å². The number of alkyl halides is 7. The summed E-state index contributed by atoms with van der Waals surface area (Å²) in [7, 11) is 0. The van der Waals surface area contributed by atoms with Crippen molar-refractivity contribution in [2.45, 2.75) is 29.6 Å². The number of aryl methyl sites for hydroxylation is 1. The van der Waals surface area contributed by atoms with Gasteiger partial charge in [-0.1, -0.05) is 15.9 Å². The van der Waals surface area contributed by atoms with Crippen LogP contribution in [0.15, 0.2) is 23.1 Å². The Bertz CT molecular complexity index is 446. The maximum Gasteiger partial charge on any atom is 0.573 e. The average Bonchev–Trinajstić information content (AvgIpc) is 2.25. The Hall–Kier alpha value is -0.570. The lowest BCUT2D eigenvalue weighted by atomic mass is 10.1. The number of hydrogen-bond acceptors (Lipinski definition) is 2. The van der Waals surface area contributed by atoms with Gasteiger partial charge in [0.15, 0.2) is 0 Å². The molecule has 0 saturated heterocycles. The van der Waals surface area contributed by atoms with E-state index in [1.54, 1.807) is 0 Å². The molecule has 0 aliphatic rings. The van der Waals surface area contributed by atoms with E-state index in [0.29, 0.717) is 11.8 Å². The van der Waals surface area contributed by atoms with Gasteiger partial charge in [-0.05, 0) is 48.4 Å². The first-order valence-electron chi connectivity index (χ1n) is 5.31. The third kappa shape index (κ3) is 6.74. The first-order chi connectivity index (χ1) is 9.11. The van der Waals surface area contributed by atoms with Gasteiger partial charge in [-0.25, -0.2) is 0 Å². The summed E-state index contributed by atoms with van der Waals surface area (Å²) in [5, 5.41) is 0.523. The Morgan fingerprint density at radius 3 is 2.25 bits per heavy atom. The predicted octanol–water partition coefficient (Wildman–Crippen LogP) is 5.52. The van der Waals surface area contributed by atoms with Crippen molar-refractivity contribution in [1.82, 2.24) is 0 Å². The van der Waals surface area contributed by atoms with E-state index in [-0.39, 0.29) is 28.6 Å². The van der Waals surface area contributed by atoms with Gasteiger partial charge in [0.2, 0.25) is 0 Å². The maximum absolute atomic E-state index is 12.2. The van der Waals surface area contributed by atoms with Gasteiger partial charge >= 0.3 is 11.9 Å². The number of benzene rings is 1. The Labute approximate surface area is 123 Å². The first-order valence-corrected chi connectivity index (χ1v) is 7.25. The Morgan fingerprint density at radius 2 is 1.75 bits per heavy atom. The molecule has 20 heavy (non-hydrogen) atoms. The van der Waals surface area contributed by atoms with E-state index in [1.165, 1.54) is 0 Å². The van der Waals surface area contributed by atoms with Crippen molar-refractivity contribution >= 4 is 27.7 Å². The molecule has 0 heterocycles. The van der Waals surface area contributed by atoms with Crippen molar-refractivity contribution in [3.05, 3.63) is 23.8 Å². The topological polar surface area (TPSA) is 9.23 Å². The lowest BCUT2D eigenvalue weighted by Gasteiger charge is -2.14. The van der Waals surface area contributed by atoms with Crippen LogP contribution in [-0.4, -0.2) is 17.2 Å². The van der Waals surface area contributed by atoms with Crippen molar-refractivity contribution < 1.29 is 31.1 Å². The molecule has 9 heteroatoms. The van der Waals surface area contributed by atoms with Crippen LogP contribution in [0.1, 0.15) is 12.0 Å². The van der Waals surface area contributed by atoms with E-state index in [0.717, 1.165) is 18.2 Å². The molecule has 0 atom stereocenters. The highest BCUT2D eigenvalue weighted by molar-refractivity contribution is 9.09. The lowest BCUT2D eigenvalue weighted by molar-refractivity contribution is -0.274. The van der Waals surface area contributed by atoms with Gasteiger partial charge in [-0.3, -0.25) is 0 Å². The molecule has 0 radical (unpaired) electrons. The third-order valence-corrected chi connectivity index (χ3v) is 3.35. The largest absolute Gasteiger partial charge is 0.573 e. The van der Waals surface area contributed by atoms with Crippen molar-refractivity contribution in [3.8, 4) is 5.75 Å². The fraction of sp³-hybridized carbons (Fsp3) is 0.455. The monoisotopic (exact) mass is 382 g/mol. The van der Waals surface area contributed by atoms with E-state index in [9.17, 15) is 26.3 Å². The van der Waals surface area contributed by atoms with Crippen LogP contribution in [0.3, 0.4) is 0 Å². The van der Waals surface area contributed by atoms with Crippen LogP contribution in [0.4, 0.5) is 26.3 Å². The molecule has 1 rings (SSSR count). The molecule has 0 aliphatic carbocycles. The third-order valence-electron chi connectivity index (χ3n) is 2.07. The molecule has 1 aromatic carbocycles. The average molecular weight is 383 g/mol. The maximum atomic E-state index is 12.2. The fourth-order valence-corrected chi connectivity index (χ4v) is 2.31. The van der Waals surface area contributed by atoms with Crippen molar-refractivity contribution in [3.63, 3.8) is 0 Å². The Balaban J connectivity index is 2.99. The quantitative estimate of drug-likeness (QED) is 0.376. The minimum Gasteiger partial charge on any atom is -0.406 e. The summed E-state index contributed by atoms with van der Waals surface area (Å²) in [6.45, 7) is 0. The minimum atomic E-state index is -4.87. The second-order valence-corrected chi connectivity index (χ2v) is 5.59. The summed E-state index contributed by atoms with van der Waals surface area (Å²) in [6.07, 6.45) is -4.21. The molecule has 0 fully saturated rings. The molecule has 1 aromatic rings. The van der Waals surface area contributed by atoms with Crippen LogP contribution >= 0.6 is 27.7 Å². The number of hydrogen-bond donors (Lipinski definition) is 0. The number of ether oxygens (including phenoxy) is 1. The minimum absolute atomic E-state index is 0.0935. The summed E-state index contributed by atoms with van der Waals surface area (Å²) < 4.78 is 77.1. The zero-order chi connectivity index (χ0) is 15.4. The summed E-state index contributed by atoms with van der Waals surface area (Å²) in [5.41, 5.74) is -4.39. The van der Waals surface area contributed by atoms with Gasteiger partial charge in [-0.2, -0.15) is 13.2 Å². The normalized spacial score (nSPS) is 12.6. The first kappa shape index (κ1) is 17.5. The van der Waals surface area contributed by atoms with Crippen LogP contribution in [0.25, 0.3) is 0 Å². The zero-order valence-corrected chi connectivity index (χ0v) is 12.2. The highest BCUT2D eigenvalue weighted by Gasteiger charge is 2.33. The van der Waals surface area contributed by atoms with Crippen molar-refractivity contribution in [2.24, 2.45) is 0 Å². The van der Waals surface area contributed by atoms with E-state index >= 15 is 0 Å². The molecule has 1 nitrogen and oxygen atoms in total. The number of thioether (sulfide) groups is 1. The van der Waals surface area contributed by atoms with Crippen LogP contribution in [0, 0.1) is 0 Å². The molecule has 0 bridgehead atoms. The van der Waals surface area contributed by atoms with E-state index < -0.39 is 17.6 Å². The van der Waals surface area contributed by atoms with Crippen LogP contribution in [-0.2, 0) is 6.42 Å². The van der Waals surface area contributed by atoms with Gasteiger partial charge in [-0.15, -0.1) is 13.2 Å². The van der Waals surface area contributed by atoms with Crippen LogP contribution in [0.5, 0.6) is 5.75 Å². The molecular formula is C11H9BrF6OS. The fourth-order valence-electron chi connectivity index (χ4n) is 1.43. The van der Waals surface area contributed by atoms with Crippen LogP contribution < -0.4 is 4.74 Å². The number of halogens is 7. The Kier molecular flexibility index (Phi) is 6.06. The Morgan fingerprint density at radius 1 is 1.10 bits per heavy atom. The van der Waals surface area contributed by atoms with Crippen LogP contribution in [0.2, 0.25) is 0 Å². The standard InChI is InChI=1S/C11H9BrF6OS/c12-5-1-2-7-6-8(20-11(16,17)18)3-4-9(7)19-10(13,14)15/h3-4,6H,1-2,5H2. The molecule has 0 saturated carbocycles. The van der Waals surface area contributed by atoms with Crippen molar-refractivity contribution in [1.29, 1.82) is 0 Å². The van der Waals surface area contributed by atoms with E-state index in [1.807, 2.05) is 0 Å². The molecule has 0 unspecified atom stereocenters.